The Morgan fingerprint density at radius 2 is 1.79 bits per heavy atom. The molecular formula is C19H15N3O2. The quantitative estimate of drug-likeness (QED) is 0.551. The van der Waals surface area contributed by atoms with Gasteiger partial charge in [0, 0.05) is 17.8 Å². The summed E-state index contributed by atoms with van der Waals surface area (Å²) in [4.78, 5) is 4.45. The maximum Gasteiger partial charge on any atom is 0.134 e. The molecule has 0 amide bonds. The summed E-state index contributed by atoms with van der Waals surface area (Å²) < 4.78 is 12.8. The maximum absolute atomic E-state index is 5.90. The number of imidazole rings is 1. The highest BCUT2D eigenvalue weighted by Gasteiger charge is 2.12. The molecule has 2 aromatic carbocycles. The second-order valence-electron chi connectivity index (χ2n) is 5.35. The number of para-hydroxylation sites is 1. The summed E-state index contributed by atoms with van der Waals surface area (Å²) >= 11 is 0. The number of aromatic nitrogens is 3. The van der Waals surface area contributed by atoms with E-state index in [1.54, 1.807) is 18.7 Å². The van der Waals surface area contributed by atoms with E-state index in [0.29, 0.717) is 0 Å². The molecule has 2 heterocycles. The third-order valence-corrected chi connectivity index (χ3v) is 3.76. The van der Waals surface area contributed by atoms with Crippen molar-refractivity contribution in [1.82, 2.24) is 14.7 Å². The van der Waals surface area contributed by atoms with Crippen molar-refractivity contribution in [3.05, 3.63) is 78.9 Å². The fourth-order valence-electron chi connectivity index (χ4n) is 2.58. The Morgan fingerprint density at radius 1 is 0.958 bits per heavy atom. The van der Waals surface area contributed by atoms with Gasteiger partial charge in [0.2, 0.25) is 0 Å². The molecule has 0 bridgehead atoms. The summed E-state index contributed by atoms with van der Waals surface area (Å²) in [6, 6.07) is 19.4. The van der Waals surface area contributed by atoms with Crippen LogP contribution < -0.4 is 4.74 Å². The Labute approximate surface area is 139 Å². The van der Waals surface area contributed by atoms with Crippen molar-refractivity contribution in [2.75, 3.05) is 0 Å². The van der Waals surface area contributed by atoms with E-state index in [1.807, 2.05) is 66.1 Å². The van der Waals surface area contributed by atoms with Gasteiger partial charge in [-0.15, -0.1) is 0 Å². The first-order valence-corrected chi connectivity index (χ1v) is 7.59. The lowest BCUT2D eigenvalue weighted by molar-refractivity contribution is 0.422. The van der Waals surface area contributed by atoms with Gasteiger partial charge < -0.3 is 13.8 Å². The molecule has 0 spiro atoms. The van der Waals surface area contributed by atoms with Crippen LogP contribution in [0.2, 0.25) is 0 Å². The molecule has 118 valence electrons. The van der Waals surface area contributed by atoms with Gasteiger partial charge in [-0.2, -0.15) is 0 Å². The Kier molecular flexibility index (Phi) is 3.59. The number of rotatable bonds is 4. The number of hydrogen-bond acceptors (Lipinski definition) is 4. The second kappa shape index (κ2) is 6.04. The van der Waals surface area contributed by atoms with Gasteiger partial charge in [0.25, 0.3) is 0 Å². The van der Waals surface area contributed by atoms with Crippen LogP contribution in [-0.4, -0.2) is 14.7 Å². The van der Waals surface area contributed by atoms with Gasteiger partial charge >= 0.3 is 0 Å². The molecule has 0 fully saturated rings. The number of ether oxygens (including phenoxy) is 1. The van der Waals surface area contributed by atoms with Gasteiger partial charge in [-0.1, -0.05) is 29.4 Å². The zero-order chi connectivity index (χ0) is 16.4. The van der Waals surface area contributed by atoms with Gasteiger partial charge in [-0.3, -0.25) is 0 Å². The SMILES string of the molecule is Cc1c(-c2ccon2)ncn1-c1cccc(Oc2ccccc2)c1. The van der Waals surface area contributed by atoms with E-state index >= 15 is 0 Å². The van der Waals surface area contributed by atoms with Crippen LogP contribution in [0, 0.1) is 6.92 Å². The highest BCUT2D eigenvalue weighted by molar-refractivity contribution is 5.58. The van der Waals surface area contributed by atoms with E-state index < -0.39 is 0 Å². The van der Waals surface area contributed by atoms with Gasteiger partial charge in [0.05, 0.1) is 5.69 Å². The summed E-state index contributed by atoms with van der Waals surface area (Å²) in [5, 5.41) is 3.95. The van der Waals surface area contributed by atoms with Crippen LogP contribution >= 0.6 is 0 Å². The van der Waals surface area contributed by atoms with E-state index in [4.69, 9.17) is 9.26 Å². The van der Waals surface area contributed by atoms with Crippen LogP contribution in [-0.2, 0) is 0 Å². The highest BCUT2D eigenvalue weighted by atomic mass is 16.5. The summed E-state index contributed by atoms with van der Waals surface area (Å²) in [7, 11) is 0. The van der Waals surface area contributed by atoms with Crippen LogP contribution in [0.15, 0.2) is 77.8 Å². The molecule has 0 atom stereocenters. The molecule has 0 unspecified atom stereocenters. The molecule has 0 radical (unpaired) electrons. The minimum Gasteiger partial charge on any atom is -0.457 e. The molecule has 0 saturated heterocycles. The average molecular weight is 317 g/mol. The molecule has 0 aliphatic heterocycles. The summed E-state index contributed by atoms with van der Waals surface area (Å²) in [6.07, 6.45) is 3.32. The smallest absolute Gasteiger partial charge is 0.134 e. The van der Waals surface area contributed by atoms with Crippen LogP contribution in [0.3, 0.4) is 0 Å². The van der Waals surface area contributed by atoms with E-state index in [0.717, 1.165) is 34.3 Å². The van der Waals surface area contributed by atoms with E-state index in [9.17, 15) is 0 Å². The second-order valence-corrected chi connectivity index (χ2v) is 5.35. The predicted octanol–water partition coefficient (Wildman–Crippen LogP) is 4.63. The zero-order valence-corrected chi connectivity index (χ0v) is 13.1. The first-order chi connectivity index (χ1) is 11.8. The average Bonchev–Trinajstić information content (AvgIpc) is 3.25. The Bertz CT molecular complexity index is 944. The fourth-order valence-corrected chi connectivity index (χ4v) is 2.58. The lowest BCUT2D eigenvalue weighted by atomic mass is 10.2. The van der Waals surface area contributed by atoms with Crippen molar-refractivity contribution in [1.29, 1.82) is 0 Å². The van der Waals surface area contributed by atoms with Gasteiger partial charge in [-0.05, 0) is 31.2 Å². The van der Waals surface area contributed by atoms with Crippen LogP contribution in [0.1, 0.15) is 5.69 Å². The normalized spacial score (nSPS) is 10.7. The van der Waals surface area contributed by atoms with E-state index in [-0.39, 0.29) is 0 Å². The molecule has 5 nitrogen and oxygen atoms in total. The molecule has 5 heteroatoms. The molecule has 0 aliphatic rings. The number of benzene rings is 2. The maximum atomic E-state index is 5.90. The molecule has 4 rings (SSSR count). The molecule has 2 aromatic heterocycles. The van der Waals surface area contributed by atoms with Crippen LogP contribution in [0.5, 0.6) is 11.5 Å². The topological polar surface area (TPSA) is 53.1 Å². The first kappa shape index (κ1) is 14.3. The van der Waals surface area contributed by atoms with E-state index in [2.05, 4.69) is 10.1 Å². The Balaban J connectivity index is 1.67. The number of nitrogens with zero attached hydrogens (tertiary/aromatic N) is 3. The zero-order valence-electron chi connectivity index (χ0n) is 13.1. The van der Waals surface area contributed by atoms with Gasteiger partial charge in [0.15, 0.2) is 0 Å². The monoisotopic (exact) mass is 317 g/mol. The minimum atomic E-state index is 0.725. The van der Waals surface area contributed by atoms with Gasteiger partial charge in [-0.25, -0.2) is 4.98 Å². The predicted molar refractivity (Wildman–Crippen MR) is 90.3 cm³/mol. The Morgan fingerprint density at radius 3 is 2.58 bits per heavy atom. The largest absolute Gasteiger partial charge is 0.457 e. The van der Waals surface area contributed by atoms with Crippen molar-refractivity contribution in [3.8, 4) is 28.6 Å². The third-order valence-electron chi connectivity index (χ3n) is 3.76. The Hall–Kier alpha value is -3.34. The molecular weight excluding hydrogens is 302 g/mol. The highest BCUT2D eigenvalue weighted by Crippen LogP contribution is 2.26. The van der Waals surface area contributed by atoms with Crippen molar-refractivity contribution < 1.29 is 9.26 Å². The van der Waals surface area contributed by atoms with Crippen molar-refractivity contribution in [2.45, 2.75) is 6.92 Å². The molecule has 4 aromatic rings. The summed E-state index contributed by atoms with van der Waals surface area (Å²) in [5.41, 5.74) is 3.49. The molecule has 0 N–H and O–H groups in total. The van der Waals surface area contributed by atoms with Crippen molar-refractivity contribution >= 4 is 0 Å². The molecule has 24 heavy (non-hydrogen) atoms. The first-order valence-electron chi connectivity index (χ1n) is 7.59. The minimum absolute atomic E-state index is 0.725. The summed E-state index contributed by atoms with van der Waals surface area (Å²) in [5.74, 6) is 1.58. The van der Waals surface area contributed by atoms with Crippen molar-refractivity contribution in [2.24, 2.45) is 0 Å². The summed E-state index contributed by atoms with van der Waals surface area (Å²) in [6.45, 7) is 2.00. The molecule has 0 saturated carbocycles. The number of hydrogen-bond donors (Lipinski definition) is 0. The van der Waals surface area contributed by atoms with Crippen LogP contribution in [0.25, 0.3) is 17.1 Å². The standard InChI is InChI=1S/C19H15N3O2/c1-14-19(18-10-11-23-21-18)20-13-22(14)15-6-5-9-17(12-15)24-16-7-3-2-4-8-16/h2-13H,1H3. The van der Waals surface area contributed by atoms with Crippen LogP contribution in [0.4, 0.5) is 0 Å². The lowest BCUT2D eigenvalue weighted by Gasteiger charge is -2.09. The third kappa shape index (κ3) is 2.67. The fraction of sp³-hybridized carbons (Fsp3) is 0.0526. The van der Waals surface area contributed by atoms with Gasteiger partial charge in [0.1, 0.15) is 35.5 Å². The molecule has 0 aliphatic carbocycles. The van der Waals surface area contributed by atoms with E-state index in [1.165, 1.54) is 0 Å². The lowest BCUT2D eigenvalue weighted by Crippen LogP contribution is -1.96. The van der Waals surface area contributed by atoms with Crippen molar-refractivity contribution in [3.63, 3.8) is 0 Å².